The summed E-state index contributed by atoms with van der Waals surface area (Å²) in [5.74, 6) is -0.0560. The van der Waals surface area contributed by atoms with Crippen LogP contribution in [0.3, 0.4) is 0 Å². The smallest absolute Gasteiger partial charge is 0.403 e. The number of phosphoric acid groups is 1. The molecule has 1 rings (SSSR count). The summed E-state index contributed by atoms with van der Waals surface area (Å²) in [6.45, 7) is 0.314. The molecule has 0 amide bonds. The maximum absolute atomic E-state index is 10.6. The third-order valence-corrected chi connectivity index (χ3v) is 2.27. The summed E-state index contributed by atoms with van der Waals surface area (Å²) >= 11 is 5.69. The van der Waals surface area contributed by atoms with Crippen LogP contribution in [0.4, 0.5) is 0 Å². The van der Waals surface area contributed by atoms with Crippen molar-refractivity contribution in [2.75, 3.05) is 7.11 Å². The van der Waals surface area contributed by atoms with Crippen LogP contribution < -0.4 is 4.52 Å². The minimum absolute atomic E-state index is 0.0560. The molecule has 1 aromatic carbocycles. The zero-order valence-corrected chi connectivity index (χ0v) is 9.53. The Balaban J connectivity index is 2.95. The number of hydrogen-bond acceptors (Lipinski definition) is 3. The van der Waals surface area contributed by atoms with Crippen molar-refractivity contribution >= 4 is 19.4 Å². The minimum atomic E-state index is -4.58. The van der Waals surface area contributed by atoms with E-state index in [1.165, 1.54) is 19.2 Å². The van der Waals surface area contributed by atoms with Gasteiger partial charge in [0.2, 0.25) is 0 Å². The second-order valence-corrected chi connectivity index (χ2v) is 4.35. The molecular weight excluding hydrogens is 243 g/mol. The Kier molecular flexibility index (Phi) is 4.13. The molecule has 0 aliphatic rings. The molecule has 0 atom stereocenters. The van der Waals surface area contributed by atoms with Gasteiger partial charge in [-0.3, -0.25) is 9.79 Å². The van der Waals surface area contributed by atoms with Crippen LogP contribution in [0.2, 0.25) is 5.02 Å². The highest BCUT2D eigenvalue weighted by molar-refractivity contribution is 7.46. The van der Waals surface area contributed by atoms with Gasteiger partial charge in [-0.2, -0.15) is 0 Å². The van der Waals surface area contributed by atoms with E-state index in [1.54, 1.807) is 6.07 Å². The molecule has 0 aromatic heterocycles. The van der Waals surface area contributed by atoms with Gasteiger partial charge in [0, 0.05) is 7.11 Å². The molecule has 5 nitrogen and oxygen atoms in total. The van der Waals surface area contributed by atoms with Crippen molar-refractivity contribution in [3.05, 3.63) is 28.8 Å². The molecule has 7 heteroatoms. The molecule has 0 heterocycles. The Morgan fingerprint density at radius 2 is 2.13 bits per heavy atom. The zero-order chi connectivity index (χ0) is 11.5. The lowest BCUT2D eigenvalue weighted by Gasteiger charge is -2.09. The minimum Gasteiger partial charge on any atom is -0.403 e. The summed E-state index contributed by atoms with van der Waals surface area (Å²) in [7, 11) is -3.07. The van der Waals surface area contributed by atoms with Gasteiger partial charge in [0.15, 0.2) is 0 Å². The van der Waals surface area contributed by atoms with Gasteiger partial charge in [-0.1, -0.05) is 17.7 Å². The molecule has 1 aromatic rings. The van der Waals surface area contributed by atoms with Gasteiger partial charge < -0.3 is 9.26 Å². The number of rotatable bonds is 4. The van der Waals surface area contributed by atoms with E-state index in [2.05, 4.69) is 4.52 Å². The van der Waals surface area contributed by atoms with Crippen molar-refractivity contribution in [2.24, 2.45) is 0 Å². The number of benzene rings is 1. The highest BCUT2D eigenvalue weighted by atomic mass is 35.5. The van der Waals surface area contributed by atoms with Gasteiger partial charge in [-0.05, 0) is 17.7 Å². The summed E-state index contributed by atoms with van der Waals surface area (Å²) in [6, 6.07) is 4.59. The zero-order valence-electron chi connectivity index (χ0n) is 7.88. The summed E-state index contributed by atoms with van der Waals surface area (Å²) in [6.07, 6.45) is 0. The summed E-state index contributed by atoms with van der Waals surface area (Å²) in [5, 5.41) is 0.137. The van der Waals surface area contributed by atoms with Crippen LogP contribution in [-0.4, -0.2) is 16.9 Å². The largest absolute Gasteiger partial charge is 0.524 e. The van der Waals surface area contributed by atoms with Crippen molar-refractivity contribution in [1.29, 1.82) is 0 Å². The lowest BCUT2D eigenvalue weighted by Crippen LogP contribution is -1.93. The van der Waals surface area contributed by atoms with Gasteiger partial charge in [0.1, 0.15) is 5.75 Å². The normalized spacial score (nSPS) is 11.5. The van der Waals surface area contributed by atoms with E-state index in [-0.39, 0.29) is 10.8 Å². The second kappa shape index (κ2) is 4.96. The number of hydrogen-bond donors (Lipinski definition) is 2. The highest BCUT2D eigenvalue weighted by Crippen LogP contribution is 2.41. The lowest BCUT2D eigenvalue weighted by molar-refractivity contribution is 0.184. The summed E-state index contributed by atoms with van der Waals surface area (Å²) < 4.78 is 19.9. The Morgan fingerprint density at radius 1 is 1.47 bits per heavy atom. The molecule has 0 saturated carbocycles. The summed E-state index contributed by atoms with van der Waals surface area (Å²) in [5.41, 5.74) is 0.713. The van der Waals surface area contributed by atoms with Crippen LogP contribution in [0.15, 0.2) is 18.2 Å². The molecule has 0 radical (unpaired) electrons. The molecule has 0 bridgehead atoms. The standard InChI is InChI=1S/C8H10ClO5P/c1-13-5-6-2-3-7(9)8(4-6)14-15(10,11)12/h2-4H,5H2,1H3,(H2,10,11,12). The van der Waals surface area contributed by atoms with Gasteiger partial charge >= 0.3 is 7.82 Å². The second-order valence-electron chi connectivity index (χ2n) is 2.78. The Labute approximate surface area is 91.8 Å². The van der Waals surface area contributed by atoms with Crippen LogP contribution >= 0.6 is 19.4 Å². The van der Waals surface area contributed by atoms with E-state index in [4.69, 9.17) is 26.1 Å². The molecule has 2 N–H and O–H groups in total. The number of ether oxygens (including phenoxy) is 1. The lowest BCUT2D eigenvalue weighted by atomic mass is 10.2. The molecular formula is C8H10ClO5P. The Morgan fingerprint density at radius 3 is 2.67 bits per heavy atom. The monoisotopic (exact) mass is 252 g/mol. The number of halogens is 1. The van der Waals surface area contributed by atoms with Crippen molar-refractivity contribution in [3.8, 4) is 5.75 Å². The first-order valence-electron chi connectivity index (χ1n) is 3.95. The van der Waals surface area contributed by atoms with Crippen molar-refractivity contribution < 1.29 is 23.6 Å². The molecule has 84 valence electrons. The van der Waals surface area contributed by atoms with Crippen molar-refractivity contribution in [1.82, 2.24) is 0 Å². The quantitative estimate of drug-likeness (QED) is 0.801. The first-order valence-corrected chi connectivity index (χ1v) is 5.86. The third-order valence-electron chi connectivity index (χ3n) is 1.52. The molecule has 0 fully saturated rings. The fourth-order valence-electron chi connectivity index (χ4n) is 1.00. The van der Waals surface area contributed by atoms with Crippen LogP contribution in [0, 0.1) is 0 Å². The van der Waals surface area contributed by atoms with E-state index in [1.807, 2.05) is 0 Å². The average molecular weight is 253 g/mol. The highest BCUT2D eigenvalue weighted by Gasteiger charge is 2.18. The summed E-state index contributed by atoms with van der Waals surface area (Å²) in [4.78, 5) is 17.2. The molecule has 0 aliphatic heterocycles. The van der Waals surface area contributed by atoms with Crippen LogP contribution in [0.5, 0.6) is 5.75 Å². The van der Waals surface area contributed by atoms with Crippen molar-refractivity contribution in [2.45, 2.75) is 6.61 Å². The predicted molar refractivity (Wildman–Crippen MR) is 54.8 cm³/mol. The van der Waals surface area contributed by atoms with Gasteiger partial charge in [0.25, 0.3) is 0 Å². The number of phosphoric ester groups is 1. The third kappa shape index (κ3) is 4.20. The van der Waals surface area contributed by atoms with E-state index < -0.39 is 7.82 Å². The average Bonchev–Trinajstić information content (AvgIpc) is 2.09. The van der Waals surface area contributed by atoms with Crippen molar-refractivity contribution in [3.63, 3.8) is 0 Å². The SMILES string of the molecule is COCc1ccc(Cl)c(OP(=O)(O)O)c1. The first-order chi connectivity index (χ1) is 6.92. The maximum atomic E-state index is 10.6. The van der Waals surface area contributed by atoms with Crippen LogP contribution in [0.1, 0.15) is 5.56 Å². The Bertz CT molecular complexity index is 389. The first kappa shape index (κ1) is 12.5. The van der Waals surface area contributed by atoms with E-state index in [9.17, 15) is 4.57 Å². The maximum Gasteiger partial charge on any atom is 0.524 e. The van der Waals surface area contributed by atoms with Gasteiger partial charge in [-0.15, -0.1) is 0 Å². The fraction of sp³-hybridized carbons (Fsp3) is 0.250. The van der Waals surface area contributed by atoms with E-state index >= 15 is 0 Å². The number of methoxy groups -OCH3 is 1. The molecule has 0 saturated heterocycles. The van der Waals surface area contributed by atoms with Crippen LogP contribution in [-0.2, 0) is 15.9 Å². The molecule has 15 heavy (non-hydrogen) atoms. The fourth-order valence-corrected chi connectivity index (χ4v) is 1.62. The molecule has 0 unspecified atom stereocenters. The van der Waals surface area contributed by atoms with E-state index in [0.29, 0.717) is 12.2 Å². The van der Waals surface area contributed by atoms with Crippen LogP contribution in [0.25, 0.3) is 0 Å². The van der Waals surface area contributed by atoms with E-state index in [0.717, 1.165) is 0 Å². The van der Waals surface area contributed by atoms with Gasteiger partial charge in [-0.25, -0.2) is 4.57 Å². The molecule has 0 aliphatic carbocycles. The van der Waals surface area contributed by atoms with Gasteiger partial charge in [0.05, 0.1) is 11.6 Å². The predicted octanol–water partition coefficient (Wildman–Crippen LogP) is 1.96. The Hall–Kier alpha value is -0.580. The molecule has 0 spiro atoms. The topological polar surface area (TPSA) is 76.0 Å².